The predicted molar refractivity (Wildman–Crippen MR) is 112 cm³/mol. The summed E-state index contributed by atoms with van der Waals surface area (Å²) in [5, 5.41) is 2.79. The van der Waals surface area contributed by atoms with Crippen molar-refractivity contribution in [2.75, 3.05) is 45.9 Å². The second-order valence-electron chi connectivity index (χ2n) is 9.88. The third-order valence-corrected chi connectivity index (χ3v) is 9.02. The fourth-order valence-electron chi connectivity index (χ4n) is 5.34. The van der Waals surface area contributed by atoms with Crippen LogP contribution in [0.3, 0.4) is 0 Å². The van der Waals surface area contributed by atoms with Crippen LogP contribution in [0.25, 0.3) is 0 Å². The standard InChI is InChI=1S/C21H22F6N4O5S/c22-20(23,24)12-1-2-16(13(5-12)21(25,26)27)37(34,35)31-10-19(11-31)8-30(9-19)18(33)29-4-3-15-14(6-29)28-17(32)7-36-15/h1-2,5,14-15H,3-4,6-11H2,(H,28,32)/t14-,15+/m1/s1. The Morgan fingerprint density at radius 2 is 1.70 bits per heavy atom. The van der Waals surface area contributed by atoms with Gasteiger partial charge in [-0.1, -0.05) is 0 Å². The van der Waals surface area contributed by atoms with Gasteiger partial charge in [-0.25, -0.2) is 13.2 Å². The van der Waals surface area contributed by atoms with Crippen LogP contribution in [0.15, 0.2) is 23.1 Å². The second kappa shape index (κ2) is 8.46. The number of fused-ring (bicyclic) bond motifs is 1. The Balaban J connectivity index is 1.22. The number of amides is 3. The van der Waals surface area contributed by atoms with Crippen LogP contribution in [-0.2, 0) is 31.9 Å². The number of urea groups is 1. The highest BCUT2D eigenvalue weighted by Gasteiger charge is 2.58. The van der Waals surface area contributed by atoms with Gasteiger partial charge in [-0.3, -0.25) is 4.79 Å². The van der Waals surface area contributed by atoms with E-state index in [4.69, 9.17) is 4.74 Å². The van der Waals surface area contributed by atoms with Crippen LogP contribution in [0.2, 0.25) is 0 Å². The van der Waals surface area contributed by atoms with Gasteiger partial charge in [0.25, 0.3) is 0 Å². The molecular weight excluding hydrogens is 534 g/mol. The quantitative estimate of drug-likeness (QED) is 0.560. The van der Waals surface area contributed by atoms with Crippen molar-refractivity contribution in [3.8, 4) is 0 Å². The highest BCUT2D eigenvalue weighted by molar-refractivity contribution is 7.89. The number of halogens is 6. The van der Waals surface area contributed by atoms with Gasteiger partial charge in [0.15, 0.2) is 0 Å². The molecule has 204 valence electrons. The molecule has 1 aromatic rings. The minimum atomic E-state index is -5.32. The molecule has 3 amide bonds. The van der Waals surface area contributed by atoms with Crippen LogP contribution in [0.4, 0.5) is 31.1 Å². The molecule has 37 heavy (non-hydrogen) atoms. The Morgan fingerprint density at radius 3 is 2.32 bits per heavy atom. The van der Waals surface area contributed by atoms with Crippen molar-refractivity contribution in [2.45, 2.75) is 35.8 Å². The van der Waals surface area contributed by atoms with Gasteiger partial charge in [-0.15, -0.1) is 0 Å². The van der Waals surface area contributed by atoms with E-state index in [9.17, 15) is 44.3 Å². The smallest absolute Gasteiger partial charge is 0.366 e. The van der Waals surface area contributed by atoms with Crippen LogP contribution in [0.1, 0.15) is 17.5 Å². The predicted octanol–water partition coefficient (Wildman–Crippen LogP) is 1.74. The normalized spacial score (nSPS) is 26.3. The molecule has 1 N–H and O–H groups in total. The van der Waals surface area contributed by atoms with Crippen molar-refractivity contribution >= 4 is 22.0 Å². The summed E-state index contributed by atoms with van der Waals surface area (Å²) in [6.07, 6.45) is -10.0. The molecule has 2 atom stereocenters. The van der Waals surface area contributed by atoms with E-state index in [0.717, 1.165) is 4.31 Å². The molecule has 4 fully saturated rings. The molecule has 0 saturated carbocycles. The number of carbonyl (C=O) groups excluding carboxylic acids is 2. The number of carbonyl (C=O) groups is 2. The Labute approximate surface area is 207 Å². The molecule has 0 bridgehead atoms. The third kappa shape index (κ3) is 4.63. The molecule has 4 saturated heterocycles. The maximum atomic E-state index is 13.5. The fraction of sp³-hybridized carbons (Fsp3) is 0.619. The highest BCUT2D eigenvalue weighted by atomic mass is 32.2. The molecule has 0 radical (unpaired) electrons. The van der Waals surface area contributed by atoms with Crippen molar-refractivity contribution < 1.29 is 49.1 Å². The lowest BCUT2D eigenvalue weighted by Gasteiger charge is -2.60. The first-order valence-electron chi connectivity index (χ1n) is 11.3. The van der Waals surface area contributed by atoms with Crippen LogP contribution in [-0.4, -0.2) is 92.5 Å². The average Bonchev–Trinajstić information content (AvgIpc) is 2.74. The first kappa shape index (κ1) is 26.0. The number of ether oxygens (including phenoxy) is 1. The summed E-state index contributed by atoms with van der Waals surface area (Å²) in [5.41, 5.74) is -4.11. The van der Waals surface area contributed by atoms with Gasteiger partial charge in [0.1, 0.15) is 6.61 Å². The SMILES string of the molecule is O=C1CO[C@H]2CCN(C(=O)N3CC4(C3)CN(S(=O)(=O)c3ccc(C(F)(F)F)cc3C(F)(F)F)C4)C[C@H]2N1. The van der Waals surface area contributed by atoms with Gasteiger partial charge in [0.05, 0.1) is 28.2 Å². The molecule has 0 aliphatic carbocycles. The number of nitrogens with one attached hydrogen (secondary N) is 1. The first-order chi connectivity index (χ1) is 17.1. The maximum absolute atomic E-state index is 13.5. The van der Waals surface area contributed by atoms with E-state index in [2.05, 4.69) is 5.32 Å². The number of hydrogen-bond acceptors (Lipinski definition) is 5. The molecule has 4 aliphatic heterocycles. The first-order valence-corrected chi connectivity index (χ1v) is 12.8. The lowest BCUT2D eigenvalue weighted by atomic mass is 9.74. The lowest BCUT2D eigenvalue weighted by molar-refractivity contribution is -0.144. The zero-order valence-electron chi connectivity index (χ0n) is 19.1. The van der Waals surface area contributed by atoms with E-state index in [1.807, 2.05) is 0 Å². The van der Waals surface area contributed by atoms with E-state index >= 15 is 0 Å². The Hall–Kier alpha value is -2.59. The molecule has 0 aromatic heterocycles. The van der Waals surface area contributed by atoms with Gasteiger partial charge in [-0.2, -0.15) is 30.6 Å². The summed E-state index contributed by atoms with van der Waals surface area (Å²) in [7, 11) is -4.72. The van der Waals surface area contributed by atoms with Crippen LogP contribution in [0, 0.1) is 5.41 Å². The number of hydrogen-bond donors (Lipinski definition) is 1. The summed E-state index contributed by atoms with van der Waals surface area (Å²) in [6, 6.07) is -0.183. The number of sulfonamides is 1. The summed E-state index contributed by atoms with van der Waals surface area (Å²) >= 11 is 0. The van der Waals surface area contributed by atoms with Crippen LogP contribution < -0.4 is 5.32 Å². The topological polar surface area (TPSA) is 99.3 Å². The number of benzene rings is 1. The van der Waals surface area contributed by atoms with Crippen molar-refractivity contribution in [1.29, 1.82) is 0 Å². The third-order valence-electron chi connectivity index (χ3n) is 7.17. The summed E-state index contributed by atoms with van der Waals surface area (Å²) in [4.78, 5) is 26.3. The number of rotatable bonds is 2. The van der Waals surface area contributed by atoms with E-state index in [1.165, 1.54) is 4.90 Å². The molecule has 9 nitrogen and oxygen atoms in total. The second-order valence-corrected chi connectivity index (χ2v) is 11.8. The van der Waals surface area contributed by atoms with Crippen LogP contribution in [0.5, 0.6) is 0 Å². The summed E-state index contributed by atoms with van der Waals surface area (Å²) in [5.74, 6) is -0.268. The minimum Gasteiger partial charge on any atom is -0.366 e. The molecular formula is C21H22F6N4O5S. The van der Waals surface area contributed by atoms with Crippen LogP contribution >= 0.6 is 0 Å². The van der Waals surface area contributed by atoms with Gasteiger partial charge in [0, 0.05) is 44.7 Å². The minimum absolute atomic E-state index is 0.0277. The van der Waals surface area contributed by atoms with Crippen molar-refractivity contribution in [2.24, 2.45) is 5.41 Å². The van der Waals surface area contributed by atoms with Crippen molar-refractivity contribution in [1.82, 2.24) is 19.4 Å². The zero-order valence-corrected chi connectivity index (χ0v) is 19.9. The van der Waals surface area contributed by atoms with E-state index in [-0.39, 0.29) is 69.5 Å². The average molecular weight is 556 g/mol. The number of piperidine rings is 1. The number of likely N-dealkylation sites (tertiary alicyclic amines) is 2. The fourth-order valence-corrected chi connectivity index (χ4v) is 7.19. The number of nitrogens with zero attached hydrogens (tertiary/aromatic N) is 3. The Bertz CT molecular complexity index is 1220. The van der Waals surface area contributed by atoms with Gasteiger partial charge < -0.3 is 19.9 Å². The van der Waals surface area contributed by atoms with E-state index in [0.29, 0.717) is 25.1 Å². The lowest BCUT2D eigenvalue weighted by Crippen LogP contribution is -2.75. The molecule has 16 heteroatoms. The molecule has 0 unspecified atom stereocenters. The van der Waals surface area contributed by atoms with Crippen molar-refractivity contribution in [3.05, 3.63) is 29.3 Å². The highest BCUT2D eigenvalue weighted by Crippen LogP contribution is 2.45. The van der Waals surface area contributed by atoms with Gasteiger partial charge in [-0.05, 0) is 24.6 Å². The zero-order chi connectivity index (χ0) is 27.0. The molecule has 5 rings (SSSR count). The largest absolute Gasteiger partial charge is 0.417 e. The Kier molecular flexibility index (Phi) is 5.95. The van der Waals surface area contributed by atoms with E-state index < -0.39 is 43.8 Å². The van der Waals surface area contributed by atoms with Gasteiger partial charge >= 0.3 is 18.4 Å². The Morgan fingerprint density at radius 1 is 1.03 bits per heavy atom. The molecule has 1 aromatic carbocycles. The summed E-state index contributed by atoms with van der Waals surface area (Å²) < 4.78 is 111. The molecule has 4 aliphatic rings. The maximum Gasteiger partial charge on any atom is 0.417 e. The van der Waals surface area contributed by atoms with E-state index in [1.54, 1.807) is 4.90 Å². The van der Waals surface area contributed by atoms with Gasteiger partial charge in [0.2, 0.25) is 15.9 Å². The summed E-state index contributed by atoms with van der Waals surface area (Å²) in [6.45, 7) is 0.689. The van der Waals surface area contributed by atoms with Crippen molar-refractivity contribution in [3.63, 3.8) is 0 Å². The molecule has 4 heterocycles. The number of alkyl halides is 6. The monoisotopic (exact) mass is 556 g/mol. The molecule has 1 spiro atoms. The number of morpholine rings is 1.